The Morgan fingerprint density at radius 2 is 2.37 bits per heavy atom. The molecule has 1 heterocycles. The number of anilines is 1. The number of aliphatic hydroxyl groups excluding tert-OH is 1. The minimum absolute atomic E-state index is 0.0259. The second-order valence-electron chi connectivity index (χ2n) is 3.48. The summed E-state index contributed by atoms with van der Waals surface area (Å²) < 4.78 is 4.83. The fourth-order valence-corrected chi connectivity index (χ4v) is 1.52. The van der Waals surface area contributed by atoms with E-state index in [4.69, 9.17) is 22.1 Å². The third-order valence-electron chi connectivity index (χ3n) is 2.12. The quantitative estimate of drug-likeness (QED) is 0.289. The maximum absolute atomic E-state index is 11.7. The Labute approximate surface area is 115 Å². The molecule has 0 amide bonds. The number of aliphatic hydroxyl groups is 1. The van der Waals surface area contributed by atoms with Crippen molar-refractivity contribution in [2.75, 3.05) is 19.4 Å². The number of carbonyl (C=O) groups excluding carboxylic acids is 1. The molecule has 0 saturated heterocycles. The highest BCUT2D eigenvalue weighted by molar-refractivity contribution is 6.31. The molecule has 0 saturated carbocycles. The highest BCUT2D eigenvalue weighted by atomic mass is 35.5. The lowest BCUT2D eigenvalue weighted by Gasteiger charge is -2.08. The Morgan fingerprint density at radius 3 is 2.95 bits per heavy atom. The van der Waals surface area contributed by atoms with E-state index in [0.29, 0.717) is 5.69 Å². The van der Waals surface area contributed by atoms with Crippen LogP contribution in [0, 0.1) is 0 Å². The van der Waals surface area contributed by atoms with E-state index < -0.39 is 5.97 Å². The van der Waals surface area contributed by atoms with Crippen LogP contribution < -0.4 is 5.73 Å². The summed E-state index contributed by atoms with van der Waals surface area (Å²) in [7, 11) is 1.46. The summed E-state index contributed by atoms with van der Waals surface area (Å²) in [6.07, 6.45) is 2.53. The summed E-state index contributed by atoms with van der Waals surface area (Å²) in [5.41, 5.74) is 5.91. The van der Waals surface area contributed by atoms with Gasteiger partial charge in [-0.05, 0) is 13.0 Å². The van der Waals surface area contributed by atoms with Crippen LogP contribution in [-0.2, 0) is 9.53 Å². The first-order chi connectivity index (χ1) is 9.01. The minimum atomic E-state index is -0.705. The van der Waals surface area contributed by atoms with Gasteiger partial charge < -0.3 is 15.6 Å². The maximum atomic E-state index is 11.7. The van der Waals surface area contributed by atoms with E-state index in [2.05, 4.69) is 9.98 Å². The number of esters is 1. The third kappa shape index (κ3) is 3.69. The summed E-state index contributed by atoms with van der Waals surface area (Å²) >= 11 is 5.86. The second-order valence-corrected chi connectivity index (χ2v) is 3.84. The van der Waals surface area contributed by atoms with Crippen molar-refractivity contribution >= 4 is 35.2 Å². The molecule has 0 bridgehead atoms. The van der Waals surface area contributed by atoms with Gasteiger partial charge in [-0.1, -0.05) is 11.6 Å². The van der Waals surface area contributed by atoms with E-state index in [0.717, 1.165) is 0 Å². The molecule has 0 aliphatic rings. The summed E-state index contributed by atoms with van der Waals surface area (Å²) in [5, 5.41) is 10.1. The lowest BCUT2D eigenvalue weighted by atomic mass is 10.1. The molecule has 0 aromatic carbocycles. The molecule has 0 aliphatic carbocycles. The van der Waals surface area contributed by atoms with Gasteiger partial charge in [0.2, 0.25) is 0 Å². The molecule has 0 radical (unpaired) electrons. The first-order valence-corrected chi connectivity index (χ1v) is 5.83. The average Bonchev–Trinajstić information content (AvgIpc) is 2.38. The highest BCUT2D eigenvalue weighted by Crippen LogP contribution is 2.24. The molecule has 6 nitrogen and oxygen atoms in total. The van der Waals surface area contributed by atoms with E-state index in [1.54, 1.807) is 6.92 Å². The molecular formula is C12H14ClN3O3. The van der Waals surface area contributed by atoms with Crippen molar-refractivity contribution < 1.29 is 14.6 Å². The van der Waals surface area contributed by atoms with Gasteiger partial charge in [0.15, 0.2) is 0 Å². The second kappa shape index (κ2) is 6.75. The number of aromatic nitrogens is 1. The maximum Gasteiger partial charge on any atom is 0.343 e. The normalized spacial score (nSPS) is 12.4. The predicted octanol–water partition coefficient (Wildman–Crippen LogP) is 1.85. The predicted molar refractivity (Wildman–Crippen MR) is 74.3 cm³/mol. The fraction of sp³-hybridized carbons (Fsp3) is 0.250. The van der Waals surface area contributed by atoms with Crippen molar-refractivity contribution in [3.63, 3.8) is 0 Å². The first kappa shape index (κ1) is 15.0. The zero-order valence-electron chi connectivity index (χ0n) is 10.6. The summed E-state index contributed by atoms with van der Waals surface area (Å²) in [5.74, 6) is -1.09. The van der Waals surface area contributed by atoms with E-state index >= 15 is 0 Å². The summed E-state index contributed by atoms with van der Waals surface area (Å²) in [6, 6.07) is 1.41. The van der Waals surface area contributed by atoms with E-state index in [1.165, 1.54) is 25.5 Å². The lowest BCUT2D eigenvalue weighted by Crippen LogP contribution is -2.11. The standard InChI is InChI=1S/C12H14ClN3O3/c1-3-19-12(18)9(6-15-2)10(17)8-4-7(14)5-16-11(8)13/h4-6,17H,3,14H2,1-2H3. The van der Waals surface area contributed by atoms with Gasteiger partial charge in [-0.25, -0.2) is 9.78 Å². The molecule has 0 unspecified atom stereocenters. The van der Waals surface area contributed by atoms with Crippen molar-refractivity contribution in [2.24, 2.45) is 4.99 Å². The van der Waals surface area contributed by atoms with Crippen LogP contribution in [0.5, 0.6) is 0 Å². The van der Waals surface area contributed by atoms with E-state index in [1.807, 2.05) is 0 Å². The Kier molecular flexibility index (Phi) is 5.32. The number of nitrogen functional groups attached to an aromatic ring is 1. The number of carbonyl (C=O) groups is 1. The Morgan fingerprint density at radius 1 is 1.68 bits per heavy atom. The van der Waals surface area contributed by atoms with Crippen molar-refractivity contribution in [1.29, 1.82) is 0 Å². The van der Waals surface area contributed by atoms with Gasteiger partial charge in [0.25, 0.3) is 0 Å². The smallest absolute Gasteiger partial charge is 0.343 e. The number of aliphatic imine (C=N–C) groups is 1. The SMILES string of the molecule is CCOC(=O)C(C=NC)=C(O)c1cc(N)cnc1Cl. The molecule has 1 aromatic rings. The topological polar surface area (TPSA) is 97.8 Å². The molecule has 0 atom stereocenters. The zero-order chi connectivity index (χ0) is 14.4. The van der Waals surface area contributed by atoms with Gasteiger partial charge >= 0.3 is 5.97 Å². The number of hydrogen-bond acceptors (Lipinski definition) is 6. The first-order valence-electron chi connectivity index (χ1n) is 5.45. The number of nitrogens with zero attached hydrogens (tertiary/aromatic N) is 2. The van der Waals surface area contributed by atoms with Crippen LogP contribution in [0.2, 0.25) is 5.15 Å². The van der Waals surface area contributed by atoms with Crippen molar-refractivity contribution in [1.82, 2.24) is 4.98 Å². The van der Waals surface area contributed by atoms with Crippen LogP contribution >= 0.6 is 11.6 Å². The van der Waals surface area contributed by atoms with Crippen LogP contribution in [0.15, 0.2) is 22.8 Å². The van der Waals surface area contributed by atoms with Crippen molar-refractivity contribution in [2.45, 2.75) is 6.92 Å². The fourth-order valence-electron chi connectivity index (χ4n) is 1.32. The van der Waals surface area contributed by atoms with Crippen molar-refractivity contribution in [3.05, 3.63) is 28.6 Å². The Bertz CT molecular complexity index is 541. The molecule has 102 valence electrons. The Balaban J connectivity index is 3.36. The molecule has 3 N–H and O–H groups in total. The molecular weight excluding hydrogens is 270 g/mol. The number of ether oxygens (including phenoxy) is 1. The van der Waals surface area contributed by atoms with Crippen molar-refractivity contribution in [3.8, 4) is 0 Å². The highest BCUT2D eigenvalue weighted by Gasteiger charge is 2.18. The van der Waals surface area contributed by atoms with Gasteiger partial charge in [-0.3, -0.25) is 4.99 Å². The molecule has 0 fully saturated rings. The molecule has 19 heavy (non-hydrogen) atoms. The Hall–Kier alpha value is -2.08. The largest absolute Gasteiger partial charge is 0.506 e. The van der Waals surface area contributed by atoms with Gasteiger partial charge in [0.1, 0.15) is 16.5 Å². The minimum Gasteiger partial charge on any atom is -0.506 e. The number of rotatable bonds is 4. The van der Waals surface area contributed by atoms with Gasteiger partial charge in [-0.15, -0.1) is 0 Å². The molecule has 1 rings (SSSR count). The van der Waals surface area contributed by atoms with Crippen LogP contribution in [-0.4, -0.2) is 35.9 Å². The monoisotopic (exact) mass is 283 g/mol. The number of halogens is 1. The average molecular weight is 284 g/mol. The number of hydrogen-bond donors (Lipinski definition) is 2. The summed E-state index contributed by atoms with van der Waals surface area (Å²) in [6.45, 7) is 1.83. The molecule has 7 heteroatoms. The third-order valence-corrected chi connectivity index (χ3v) is 2.43. The molecule has 1 aromatic heterocycles. The van der Waals surface area contributed by atoms with Gasteiger partial charge in [0, 0.05) is 13.3 Å². The number of pyridine rings is 1. The van der Waals surface area contributed by atoms with Crippen LogP contribution in [0.25, 0.3) is 5.76 Å². The van der Waals surface area contributed by atoms with E-state index in [9.17, 15) is 9.90 Å². The molecule has 0 aliphatic heterocycles. The molecule has 0 spiro atoms. The van der Waals surface area contributed by atoms with Crippen LogP contribution in [0.4, 0.5) is 5.69 Å². The van der Waals surface area contributed by atoms with Gasteiger partial charge in [-0.2, -0.15) is 0 Å². The van der Waals surface area contributed by atoms with Gasteiger partial charge in [0.05, 0.1) is 24.1 Å². The van der Waals surface area contributed by atoms with Crippen LogP contribution in [0.1, 0.15) is 12.5 Å². The number of nitrogens with two attached hydrogens (primary N) is 1. The van der Waals surface area contributed by atoms with Crippen LogP contribution in [0.3, 0.4) is 0 Å². The van der Waals surface area contributed by atoms with E-state index in [-0.39, 0.29) is 28.7 Å². The lowest BCUT2D eigenvalue weighted by molar-refractivity contribution is -0.137. The zero-order valence-corrected chi connectivity index (χ0v) is 11.3. The summed E-state index contributed by atoms with van der Waals surface area (Å²) in [4.78, 5) is 19.2.